The molecule has 2 saturated heterocycles. The number of anilines is 2. The van der Waals surface area contributed by atoms with Crippen LogP contribution in [0.15, 0.2) is 48.8 Å². The van der Waals surface area contributed by atoms with Crippen LogP contribution in [0.5, 0.6) is 6.01 Å². The van der Waals surface area contributed by atoms with Crippen molar-refractivity contribution in [2.45, 2.75) is 38.8 Å². The van der Waals surface area contributed by atoms with Crippen molar-refractivity contribution in [1.82, 2.24) is 19.8 Å². The number of nitrogens with zero attached hydrogens (tertiary/aromatic N) is 6. The highest BCUT2D eigenvalue weighted by Gasteiger charge is 2.30. The molecule has 0 N–H and O–H groups in total. The van der Waals surface area contributed by atoms with E-state index in [0.717, 1.165) is 43.0 Å². The third kappa shape index (κ3) is 5.10. The van der Waals surface area contributed by atoms with Crippen molar-refractivity contribution in [3.05, 3.63) is 65.6 Å². The molecule has 1 atom stereocenters. The molecule has 0 aliphatic carbocycles. The van der Waals surface area contributed by atoms with Gasteiger partial charge in [-0.25, -0.2) is 4.39 Å². The van der Waals surface area contributed by atoms with E-state index in [-0.39, 0.29) is 0 Å². The molecule has 210 valence electrons. The van der Waals surface area contributed by atoms with Crippen LogP contribution in [0.25, 0.3) is 10.8 Å². The average molecular weight is 545 g/mol. The Hall–Kier alpha value is -3.72. The SMILES string of the molecule is C=C(F)C(=O)N1CCN(c2nc(OCC3CCCN3C)nc3c2CCN(c2cccc4cccc(C)c24)C3)CC1. The Morgan fingerprint density at radius 3 is 2.55 bits per heavy atom. The number of aryl methyl sites for hydroxylation is 1. The van der Waals surface area contributed by atoms with Gasteiger partial charge in [-0.2, -0.15) is 9.97 Å². The summed E-state index contributed by atoms with van der Waals surface area (Å²) in [5, 5.41) is 2.51. The Kier molecular flexibility index (Phi) is 7.31. The zero-order valence-electron chi connectivity index (χ0n) is 23.4. The van der Waals surface area contributed by atoms with Crippen LogP contribution >= 0.6 is 0 Å². The molecule has 0 spiro atoms. The van der Waals surface area contributed by atoms with Crippen LogP contribution in [-0.4, -0.2) is 84.6 Å². The number of carbonyl (C=O) groups is 1. The van der Waals surface area contributed by atoms with E-state index in [2.05, 4.69) is 71.6 Å². The van der Waals surface area contributed by atoms with Gasteiger partial charge in [-0.15, -0.1) is 0 Å². The number of rotatable bonds is 6. The number of ether oxygens (including phenoxy) is 1. The van der Waals surface area contributed by atoms with Crippen LogP contribution in [0.2, 0.25) is 0 Å². The summed E-state index contributed by atoms with van der Waals surface area (Å²) in [5.41, 5.74) is 4.59. The molecule has 6 rings (SSSR count). The van der Waals surface area contributed by atoms with E-state index in [0.29, 0.717) is 51.4 Å². The summed E-state index contributed by atoms with van der Waals surface area (Å²) in [6, 6.07) is 13.7. The molecule has 4 heterocycles. The molecule has 40 heavy (non-hydrogen) atoms. The van der Waals surface area contributed by atoms with E-state index >= 15 is 0 Å². The second kappa shape index (κ2) is 11.0. The highest BCUT2D eigenvalue weighted by atomic mass is 19.1. The quantitative estimate of drug-likeness (QED) is 0.433. The Morgan fingerprint density at radius 1 is 1.05 bits per heavy atom. The topological polar surface area (TPSA) is 65.0 Å². The number of carbonyl (C=O) groups excluding carboxylic acids is 1. The number of hydrogen-bond donors (Lipinski definition) is 0. The standard InChI is InChI=1S/C31H37FN6O2/c1-21-7-4-8-23-9-5-11-27(28(21)23)38-14-12-25-26(19-38)33-31(40-20-24-10-6-13-35(24)3)34-29(25)36-15-17-37(18-16-36)30(39)22(2)32/h4-5,7-9,11,24H,2,6,10,12-20H2,1,3H3. The first kappa shape index (κ1) is 26.5. The Balaban J connectivity index is 1.30. The fourth-order valence-electron chi connectivity index (χ4n) is 6.34. The largest absolute Gasteiger partial charge is 0.462 e. The normalized spacial score (nSPS) is 19.7. The smallest absolute Gasteiger partial charge is 0.318 e. The molecule has 0 bridgehead atoms. The maximum absolute atomic E-state index is 13.5. The third-order valence-corrected chi connectivity index (χ3v) is 8.63. The molecular weight excluding hydrogens is 507 g/mol. The first-order chi connectivity index (χ1) is 19.4. The maximum Gasteiger partial charge on any atom is 0.318 e. The van der Waals surface area contributed by atoms with Crippen molar-refractivity contribution < 1.29 is 13.9 Å². The third-order valence-electron chi connectivity index (χ3n) is 8.63. The number of aromatic nitrogens is 2. The second-order valence-electron chi connectivity index (χ2n) is 11.1. The van der Waals surface area contributed by atoms with Gasteiger partial charge in [0.25, 0.3) is 5.91 Å². The summed E-state index contributed by atoms with van der Waals surface area (Å²) in [7, 11) is 2.14. The number of benzene rings is 2. The molecule has 1 unspecified atom stereocenters. The predicted octanol–water partition coefficient (Wildman–Crippen LogP) is 4.11. The minimum atomic E-state index is -0.913. The van der Waals surface area contributed by atoms with Crippen molar-refractivity contribution in [3.8, 4) is 6.01 Å². The Labute approximate surface area is 235 Å². The van der Waals surface area contributed by atoms with Gasteiger partial charge in [-0.05, 0) is 56.8 Å². The summed E-state index contributed by atoms with van der Waals surface area (Å²) >= 11 is 0. The number of likely N-dealkylation sites (N-methyl/N-ethyl adjacent to an activating group) is 1. The first-order valence-corrected chi connectivity index (χ1v) is 14.2. The van der Waals surface area contributed by atoms with Crippen LogP contribution in [0.3, 0.4) is 0 Å². The maximum atomic E-state index is 13.5. The van der Waals surface area contributed by atoms with E-state index in [9.17, 15) is 9.18 Å². The summed E-state index contributed by atoms with van der Waals surface area (Å²) in [5.74, 6) is -0.668. The highest BCUT2D eigenvalue weighted by Crippen LogP contribution is 2.35. The van der Waals surface area contributed by atoms with Crippen molar-refractivity contribution >= 4 is 28.2 Å². The van der Waals surface area contributed by atoms with Gasteiger partial charge in [-0.3, -0.25) is 4.79 Å². The lowest BCUT2D eigenvalue weighted by Crippen LogP contribution is -2.49. The van der Waals surface area contributed by atoms with Gasteiger partial charge in [0.15, 0.2) is 5.83 Å². The van der Waals surface area contributed by atoms with Crippen molar-refractivity contribution in [1.29, 1.82) is 0 Å². The van der Waals surface area contributed by atoms with Crippen LogP contribution in [0, 0.1) is 6.92 Å². The van der Waals surface area contributed by atoms with E-state index in [1.807, 2.05) is 0 Å². The molecule has 0 radical (unpaired) electrons. The zero-order chi connectivity index (χ0) is 27.8. The van der Waals surface area contributed by atoms with Gasteiger partial charge in [0.05, 0.1) is 12.2 Å². The van der Waals surface area contributed by atoms with Gasteiger partial charge >= 0.3 is 6.01 Å². The summed E-state index contributed by atoms with van der Waals surface area (Å²) in [6.45, 7) is 10.5. The second-order valence-corrected chi connectivity index (χ2v) is 11.1. The summed E-state index contributed by atoms with van der Waals surface area (Å²) in [6.07, 6.45) is 3.09. The van der Waals surface area contributed by atoms with Gasteiger partial charge in [-0.1, -0.05) is 36.9 Å². The molecule has 3 aromatic rings. The molecule has 9 heteroatoms. The Bertz CT molecular complexity index is 1430. The number of amides is 1. The fraction of sp³-hybridized carbons (Fsp3) is 0.452. The summed E-state index contributed by atoms with van der Waals surface area (Å²) < 4.78 is 19.7. The lowest BCUT2D eigenvalue weighted by atomic mass is 9.99. The molecule has 3 aliphatic rings. The zero-order valence-corrected chi connectivity index (χ0v) is 23.4. The fourth-order valence-corrected chi connectivity index (χ4v) is 6.34. The van der Waals surface area contributed by atoms with Crippen molar-refractivity contribution in [2.75, 3.05) is 62.7 Å². The number of likely N-dealkylation sites (tertiary alicyclic amines) is 1. The van der Waals surface area contributed by atoms with Gasteiger partial charge in [0.1, 0.15) is 12.4 Å². The van der Waals surface area contributed by atoms with E-state index in [1.54, 1.807) is 0 Å². The van der Waals surface area contributed by atoms with E-state index < -0.39 is 11.7 Å². The predicted molar refractivity (Wildman–Crippen MR) is 156 cm³/mol. The summed E-state index contributed by atoms with van der Waals surface area (Å²) in [4.78, 5) is 30.5. The van der Waals surface area contributed by atoms with E-state index in [1.165, 1.54) is 33.3 Å². The van der Waals surface area contributed by atoms with Gasteiger partial charge in [0.2, 0.25) is 0 Å². The number of halogens is 1. The molecule has 1 amide bonds. The molecule has 2 fully saturated rings. The number of piperazine rings is 1. The van der Waals surface area contributed by atoms with Gasteiger partial charge < -0.3 is 24.3 Å². The molecule has 1 aromatic heterocycles. The molecule has 8 nitrogen and oxygen atoms in total. The molecular formula is C31H37FN6O2. The lowest BCUT2D eigenvalue weighted by molar-refractivity contribution is -0.128. The van der Waals surface area contributed by atoms with Crippen molar-refractivity contribution in [2.24, 2.45) is 0 Å². The number of hydrogen-bond acceptors (Lipinski definition) is 7. The monoisotopic (exact) mass is 544 g/mol. The Morgan fingerprint density at radius 2 is 1.82 bits per heavy atom. The van der Waals surface area contributed by atoms with Gasteiger partial charge in [0, 0.05) is 55.4 Å². The average Bonchev–Trinajstić information content (AvgIpc) is 3.39. The lowest BCUT2D eigenvalue weighted by Gasteiger charge is -2.38. The van der Waals surface area contributed by atoms with Crippen LogP contribution in [-0.2, 0) is 17.8 Å². The van der Waals surface area contributed by atoms with Crippen LogP contribution < -0.4 is 14.5 Å². The highest BCUT2D eigenvalue weighted by molar-refractivity contribution is 5.97. The van der Waals surface area contributed by atoms with Crippen LogP contribution in [0.1, 0.15) is 29.7 Å². The van der Waals surface area contributed by atoms with Crippen molar-refractivity contribution in [3.63, 3.8) is 0 Å². The molecule has 3 aliphatic heterocycles. The molecule has 0 saturated carbocycles. The van der Waals surface area contributed by atoms with E-state index in [4.69, 9.17) is 14.7 Å². The van der Waals surface area contributed by atoms with Crippen LogP contribution in [0.4, 0.5) is 15.9 Å². The first-order valence-electron chi connectivity index (χ1n) is 14.2. The molecule has 2 aromatic carbocycles. The minimum absolute atomic E-state index is 0.363. The minimum Gasteiger partial charge on any atom is -0.462 e. The number of fused-ring (bicyclic) bond motifs is 2.